The Morgan fingerprint density at radius 1 is 0.857 bits per heavy atom. The van der Waals surface area contributed by atoms with Gasteiger partial charge in [-0.2, -0.15) is 0 Å². The molecular formula is C29H36N4O2. The lowest BCUT2D eigenvalue weighted by molar-refractivity contribution is 0.0614. The van der Waals surface area contributed by atoms with Gasteiger partial charge >= 0.3 is 0 Å². The molecule has 1 amide bonds. The molecule has 6 nitrogen and oxygen atoms in total. The normalized spacial score (nSPS) is 17.2. The molecule has 1 fully saturated rings. The molecule has 0 radical (unpaired) electrons. The first-order valence-corrected chi connectivity index (χ1v) is 12.2. The average Bonchev–Trinajstić information content (AvgIpc) is 2.93. The molecule has 184 valence electrons. The van der Waals surface area contributed by atoms with Crippen LogP contribution in [0.3, 0.4) is 0 Å². The molecule has 4 rings (SSSR count). The number of hydrogen-bond donors (Lipinski definition) is 3. The van der Waals surface area contributed by atoms with Gasteiger partial charge in [0.1, 0.15) is 5.82 Å². The maximum atomic E-state index is 12.9. The lowest BCUT2D eigenvalue weighted by Crippen LogP contribution is -2.55. The van der Waals surface area contributed by atoms with Gasteiger partial charge in [-0.3, -0.25) is 4.79 Å². The van der Waals surface area contributed by atoms with Crippen molar-refractivity contribution in [2.45, 2.75) is 33.4 Å². The summed E-state index contributed by atoms with van der Waals surface area (Å²) in [6, 6.07) is 24.8. The number of hydrogen-bond acceptors (Lipinski definition) is 5. The molecule has 0 spiro atoms. The summed E-state index contributed by atoms with van der Waals surface area (Å²) < 4.78 is 0. The van der Waals surface area contributed by atoms with E-state index in [2.05, 4.69) is 11.8 Å². The zero-order chi connectivity index (χ0) is 25.4. The van der Waals surface area contributed by atoms with Crippen LogP contribution in [0.15, 0.2) is 78.9 Å². The van der Waals surface area contributed by atoms with Crippen LogP contribution in [0.4, 0.5) is 0 Å². The molecule has 3 aromatic rings. The minimum Gasteiger partial charge on any atom is -0.398 e. The predicted octanol–water partition coefficient (Wildman–Crippen LogP) is 2.19. The van der Waals surface area contributed by atoms with Crippen molar-refractivity contribution in [2.75, 3.05) is 19.6 Å². The Hall–Kier alpha value is -3.77. The maximum Gasteiger partial charge on any atom is 0.253 e. The summed E-state index contributed by atoms with van der Waals surface area (Å²) in [4.78, 5) is 16.9. The van der Waals surface area contributed by atoms with Crippen molar-refractivity contribution in [1.29, 1.82) is 0 Å². The fraction of sp³-hybridized carbons (Fsp3) is 0.276. The van der Waals surface area contributed by atoms with Gasteiger partial charge in [0.25, 0.3) is 5.91 Å². The molecule has 35 heavy (non-hydrogen) atoms. The van der Waals surface area contributed by atoms with E-state index in [0.717, 1.165) is 21.6 Å². The topological polar surface area (TPSA) is 95.8 Å². The van der Waals surface area contributed by atoms with Crippen molar-refractivity contribution in [2.24, 2.45) is 11.5 Å². The molecule has 0 bridgehead atoms. The second-order valence-electron chi connectivity index (χ2n) is 8.36. The van der Waals surface area contributed by atoms with Crippen molar-refractivity contribution in [3.05, 3.63) is 106 Å². The van der Waals surface area contributed by atoms with Gasteiger partial charge in [-0.1, -0.05) is 80.6 Å². The van der Waals surface area contributed by atoms with Crippen molar-refractivity contribution < 1.29 is 9.90 Å². The number of amides is 1. The molecule has 0 aliphatic carbocycles. The summed E-state index contributed by atoms with van der Waals surface area (Å²) in [6.45, 7) is 7.92. The highest BCUT2D eigenvalue weighted by atomic mass is 16.3. The van der Waals surface area contributed by atoms with Crippen LogP contribution in [0.2, 0.25) is 0 Å². The third kappa shape index (κ3) is 5.84. The summed E-state index contributed by atoms with van der Waals surface area (Å²) in [5.74, 6) is 0.699. The predicted molar refractivity (Wildman–Crippen MR) is 142 cm³/mol. The van der Waals surface area contributed by atoms with E-state index in [4.69, 9.17) is 11.5 Å². The Balaban J connectivity index is 0.00000167. The number of carbonyl (C=O) groups is 1. The number of nitrogens with zero attached hydrogens (tertiary/aromatic N) is 2. The van der Waals surface area contributed by atoms with Gasteiger partial charge in [-0.25, -0.2) is 0 Å². The van der Waals surface area contributed by atoms with Gasteiger partial charge in [-0.15, -0.1) is 0 Å². The quantitative estimate of drug-likeness (QED) is 0.541. The first-order valence-electron chi connectivity index (χ1n) is 12.2. The molecule has 6 heteroatoms. The second-order valence-corrected chi connectivity index (χ2v) is 8.36. The van der Waals surface area contributed by atoms with E-state index in [1.54, 1.807) is 0 Å². The van der Waals surface area contributed by atoms with Crippen LogP contribution in [0.1, 0.15) is 42.3 Å². The number of carbonyl (C=O) groups excluding carboxylic acids is 1. The van der Waals surface area contributed by atoms with E-state index in [-0.39, 0.29) is 18.6 Å². The molecule has 1 atom stereocenters. The summed E-state index contributed by atoms with van der Waals surface area (Å²) in [5, 5.41) is 11.0. The number of rotatable bonds is 4. The highest BCUT2D eigenvalue weighted by Crippen LogP contribution is 2.16. The van der Waals surface area contributed by atoms with E-state index in [0.29, 0.717) is 36.7 Å². The fourth-order valence-corrected chi connectivity index (χ4v) is 4.30. The third-order valence-electron chi connectivity index (χ3n) is 6.19. The number of aliphatic hydroxyl groups excluding tert-OH is 1. The first kappa shape index (κ1) is 25.8. The highest BCUT2D eigenvalue weighted by Gasteiger charge is 2.28. The third-order valence-corrected chi connectivity index (χ3v) is 6.19. The van der Waals surface area contributed by atoms with Crippen LogP contribution in [-0.2, 0) is 6.61 Å². The standard InChI is InChI=1S/C27H30N4O2.C2H6/c1-19-17-30(27(33)22-7-3-2-4-8-22)15-16-31(19)26(29)24-10-6-5-9-23(24)25(28)21-13-11-20(18-32)12-14-21;1-2/h2-14,19,32H,15-18,28-29H2,1H3;1-2H3/b25-23-,26-24+;. The van der Waals surface area contributed by atoms with Crippen LogP contribution in [0.5, 0.6) is 0 Å². The van der Waals surface area contributed by atoms with Gasteiger partial charge in [0, 0.05) is 47.4 Å². The summed E-state index contributed by atoms with van der Waals surface area (Å²) in [7, 11) is 0. The number of aliphatic hydroxyl groups is 1. The SMILES string of the molecule is CC.CC1CN(C(=O)c2ccccc2)CCN1/C(N)=c1\cccc\c1=C(\N)c1ccc(CO)cc1. The van der Waals surface area contributed by atoms with Crippen molar-refractivity contribution in [1.82, 2.24) is 9.80 Å². The summed E-state index contributed by atoms with van der Waals surface area (Å²) in [5.41, 5.74) is 16.3. The summed E-state index contributed by atoms with van der Waals surface area (Å²) in [6.07, 6.45) is 0. The van der Waals surface area contributed by atoms with E-state index in [1.165, 1.54) is 0 Å². The Morgan fingerprint density at radius 2 is 1.46 bits per heavy atom. The van der Waals surface area contributed by atoms with Crippen LogP contribution >= 0.6 is 0 Å². The zero-order valence-corrected chi connectivity index (χ0v) is 20.8. The van der Waals surface area contributed by atoms with Crippen LogP contribution in [0.25, 0.3) is 11.5 Å². The number of benzene rings is 3. The van der Waals surface area contributed by atoms with Gasteiger partial charge in [0.15, 0.2) is 0 Å². The molecule has 3 aromatic carbocycles. The van der Waals surface area contributed by atoms with Crippen molar-refractivity contribution in [3.63, 3.8) is 0 Å². The maximum absolute atomic E-state index is 12.9. The molecule has 0 aromatic heterocycles. The van der Waals surface area contributed by atoms with Gasteiger partial charge < -0.3 is 26.4 Å². The molecule has 1 aliphatic heterocycles. The van der Waals surface area contributed by atoms with Crippen molar-refractivity contribution >= 4 is 17.4 Å². The van der Waals surface area contributed by atoms with Gasteiger partial charge in [0.05, 0.1) is 6.61 Å². The minimum atomic E-state index is -0.00581. The minimum absolute atomic E-state index is 0.00581. The van der Waals surface area contributed by atoms with Crippen LogP contribution < -0.4 is 21.9 Å². The molecule has 0 saturated carbocycles. The molecule has 5 N–H and O–H groups in total. The Bertz CT molecular complexity index is 1240. The van der Waals surface area contributed by atoms with Crippen LogP contribution in [-0.4, -0.2) is 46.5 Å². The average molecular weight is 473 g/mol. The van der Waals surface area contributed by atoms with Crippen molar-refractivity contribution in [3.8, 4) is 0 Å². The lowest BCUT2D eigenvalue weighted by Gasteiger charge is -2.41. The van der Waals surface area contributed by atoms with E-state index >= 15 is 0 Å². The summed E-state index contributed by atoms with van der Waals surface area (Å²) >= 11 is 0. The van der Waals surface area contributed by atoms with Crippen LogP contribution in [0, 0.1) is 0 Å². The van der Waals surface area contributed by atoms with E-state index in [9.17, 15) is 9.90 Å². The number of nitrogens with two attached hydrogens (primary N) is 2. The number of piperazine rings is 1. The molecule has 1 aliphatic rings. The fourth-order valence-electron chi connectivity index (χ4n) is 4.30. The molecule has 1 heterocycles. The highest BCUT2D eigenvalue weighted by molar-refractivity contribution is 5.94. The van der Waals surface area contributed by atoms with Gasteiger partial charge in [0.2, 0.25) is 0 Å². The molecular weight excluding hydrogens is 436 g/mol. The van der Waals surface area contributed by atoms with E-state index < -0.39 is 0 Å². The zero-order valence-electron chi connectivity index (χ0n) is 20.8. The second kappa shape index (κ2) is 12.1. The smallest absolute Gasteiger partial charge is 0.253 e. The Morgan fingerprint density at radius 3 is 2.06 bits per heavy atom. The Kier molecular flexibility index (Phi) is 8.92. The van der Waals surface area contributed by atoms with Gasteiger partial charge in [-0.05, 0) is 30.2 Å². The first-order chi connectivity index (χ1) is 17.0. The van der Waals surface area contributed by atoms with E-state index in [1.807, 2.05) is 97.6 Å². The largest absolute Gasteiger partial charge is 0.398 e. The molecule has 1 unspecified atom stereocenters. The lowest BCUT2D eigenvalue weighted by atomic mass is 10.1. The monoisotopic (exact) mass is 472 g/mol. The Labute approximate surface area is 207 Å². The molecule has 1 saturated heterocycles.